The Morgan fingerprint density at radius 2 is 1.88 bits per heavy atom. The van der Waals surface area contributed by atoms with Crippen LogP contribution in [0.4, 0.5) is 21.5 Å². The number of halogens is 2. The van der Waals surface area contributed by atoms with Crippen LogP contribution in [0.1, 0.15) is 0 Å². The molecule has 0 atom stereocenters. The smallest absolute Gasteiger partial charge is 0.148 e. The lowest BCUT2D eigenvalue weighted by atomic mass is 10.2. The number of nitrogens with one attached hydrogen (secondary N) is 1. The molecule has 0 bridgehead atoms. The fourth-order valence-corrected chi connectivity index (χ4v) is 1.91. The second-order valence-corrected chi connectivity index (χ2v) is 4.58. The lowest BCUT2D eigenvalue weighted by molar-refractivity contribution is 0.633. The molecule has 0 aliphatic rings. The molecule has 16 heavy (non-hydrogen) atoms. The number of benzene rings is 2. The average Bonchev–Trinajstić information content (AvgIpc) is 2.25. The Balaban J connectivity index is 2.31. The van der Waals surface area contributed by atoms with Crippen LogP contribution >= 0.6 is 22.6 Å². The number of hydrogen-bond acceptors (Lipinski definition) is 2. The number of hydrogen-bond donors (Lipinski definition) is 2. The van der Waals surface area contributed by atoms with E-state index in [4.69, 9.17) is 5.73 Å². The molecule has 3 N–H and O–H groups in total. The van der Waals surface area contributed by atoms with Crippen molar-refractivity contribution < 1.29 is 4.39 Å². The normalized spacial score (nSPS) is 10.1. The minimum absolute atomic E-state index is 0.140. The summed E-state index contributed by atoms with van der Waals surface area (Å²) in [6.07, 6.45) is 0. The van der Waals surface area contributed by atoms with Gasteiger partial charge in [-0.3, -0.25) is 0 Å². The van der Waals surface area contributed by atoms with Gasteiger partial charge in [-0.15, -0.1) is 0 Å². The molecule has 4 heteroatoms. The van der Waals surface area contributed by atoms with Crippen molar-refractivity contribution in [3.63, 3.8) is 0 Å². The molecule has 0 aliphatic carbocycles. The Labute approximate surface area is 107 Å². The number of rotatable bonds is 2. The Morgan fingerprint density at radius 1 is 1.12 bits per heavy atom. The quantitative estimate of drug-likeness (QED) is 0.651. The topological polar surface area (TPSA) is 38.0 Å². The molecule has 2 aromatic rings. The standard InChI is InChI=1S/C12H10FIN2/c13-10-5-2-6-11(12(10)15)16-9-4-1-3-8(14)7-9/h1-7,16H,15H2. The van der Waals surface area contributed by atoms with Crippen LogP contribution in [0.5, 0.6) is 0 Å². The van der Waals surface area contributed by atoms with E-state index in [2.05, 4.69) is 27.9 Å². The molecule has 0 saturated carbocycles. The third-order valence-corrected chi connectivity index (χ3v) is 2.83. The molecular weight excluding hydrogens is 318 g/mol. The van der Waals surface area contributed by atoms with E-state index < -0.39 is 5.82 Å². The molecule has 0 spiro atoms. The number of nitrogen functional groups attached to an aromatic ring is 1. The van der Waals surface area contributed by atoms with Gasteiger partial charge in [-0.25, -0.2) is 4.39 Å². The molecule has 2 rings (SSSR count). The minimum Gasteiger partial charge on any atom is -0.395 e. The molecule has 2 aromatic carbocycles. The minimum atomic E-state index is -0.407. The summed E-state index contributed by atoms with van der Waals surface area (Å²) in [4.78, 5) is 0. The first-order chi connectivity index (χ1) is 7.66. The molecule has 82 valence electrons. The van der Waals surface area contributed by atoms with Crippen molar-refractivity contribution in [1.82, 2.24) is 0 Å². The molecular formula is C12H10FIN2. The summed E-state index contributed by atoms with van der Waals surface area (Å²) in [5.41, 5.74) is 7.25. The summed E-state index contributed by atoms with van der Waals surface area (Å²) >= 11 is 2.22. The highest BCUT2D eigenvalue weighted by Crippen LogP contribution is 2.25. The number of nitrogens with two attached hydrogens (primary N) is 1. The van der Waals surface area contributed by atoms with Gasteiger partial charge in [0, 0.05) is 9.26 Å². The summed E-state index contributed by atoms with van der Waals surface area (Å²) < 4.78 is 14.3. The first kappa shape index (κ1) is 11.2. The summed E-state index contributed by atoms with van der Waals surface area (Å²) in [5, 5.41) is 3.08. The fraction of sp³-hybridized carbons (Fsp3) is 0. The van der Waals surface area contributed by atoms with E-state index in [0.29, 0.717) is 5.69 Å². The number of anilines is 3. The van der Waals surface area contributed by atoms with Gasteiger partial charge in [-0.1, -0.05) is 12.1 Å². The van der Waals surface area contributed by atoms with E-state index in [1.165, 1.54) is 6.07 Å². The molecule has 0 aromatic heterocycles. The van der Waals surface area contributed by atoms with E-state index >= 15 is 0 Å². The van der Waals surface area contributed by atoms with Gasteiger partial charge in [0.2, 0.25) is 0 Å². The van der Waals surface area contributed by atoms with Crippen LogP contribution in [0.3, 0.4) is 0 Å². The third kappa shape index (κ3) is 2.44. The molecule has 0 unspecified atom stereocenters. The zero-order valence-electron chi connectivity index (χ0n) is 8.37. The fourth-order valence-electron chi connectivity index (χ4n) is 1.37. The summed E-state index contributed by atoms with van der Waals surface area (Å²) in [6.45, 7) is 0. The molecule has 2 nitrogen and oxygen atoms in total. The largest absolute Gasteiger partial charge is 0.395 e. The van der Waals surface area contributed by atoms with Crippen LogP contribution in [0, 0.1) is 9.39 Å². The van der Waals surface area contributed by atoms with Gasteiger partial charge >= 0.3 is 0 Å². The predicted molar refractivity (Wildman–Crippen MR) is 73.3 cm³/mol. The van der Waals surface area contributed by atoms with Crippen molar-refractivity contribution in [3.05, 3.63) is 51.9 Å². The van der Waals surface area contributed by atoms with Crippen molar-refractivity contribution in [2.24, 2.45) is 0 Å². The van der Waals surface area contributed by atoms with Gasteiger partial charge in [-0.2, -0.15) is 0 Å². The lowest BCUT2D eigenvalue weighted by Gasteiger charge is -2.09. The summed E-state index contributed by atoms with van der Waals surface area (Å²) in [6, 6.07) is 12.5. The average molecular weight is 328 g/mol. The Morgan fingerprint density at radius 3 is 2.62 bits per heavy atom. The highest BCUT2D eigenvalue weighted by atomic mass is 127. The van der Waals surface area contributed by atoms with Crippen LogP contribution in [-0.4, -0.2) is 0 Å². The first-order valence-corrected chi connectivity index (χ1v) is 5.81. The van der Waals surface area contributed by atoms with Crippen LogP contribution in [0.2, 0.25) is 0 Å². The van der Waals surface area contributed by atoms with Gasteiger partial charge in [0.1, 0.15) is 5.82 Å². The van der Waals surface area contributed by atoms with Crippen LogP contribution < -0.4 is 11.1 Å². The Kier molecular flexibility index (Phi) is 3.28. The van der Waals surface area contributed by atoms with Crippen LogP contribution in [0.15, 0.2) is 42.5 Å². The van der Waals surface area contributed by atoms with Crippen LogP contribution in [-0.2, 0) is 0 Å². The Hall–Kier alpha value is -1.30. The second kappa shape index (κ2) is 4.69. The maximum Gasteiger partial charge on any atom is 0.148 e. The van der Waals surface area contributed by atoms with Crippen LogP contribution in [0.25, 0.3) is 0 Å². The maximum absolute atomic E-state index is 13.2. The maximum atomic E-state index is 13.2. The molecule has 0 aliphatic heterocycles. The molecule has 0 radical (unpaired) electrons. The van der Waals surface area contributed by atoms with Crippen molar-refractivity contribution in [3.8, 4) is 0 Å². The summed E-state index contributed by atoms with van der Waals surface area (Å²) in [5.74, 6) is -0.407. The summed E-state index contributed by atoms with van der Waals surface area (Å²) in [7, 11) is 0. The van der Waals surface area contributed by atoms with Crippen molar-refractivity contribution in [1.29, 1.82) is 0 Å². The third-order valence-electron chi connectivity index (χ3n) is 2.16. The monoisotopic (exact) mass is 328 g/mol. The number of para-hydroxylation sites is 1. The molecule has 0 saturated heterocycles. The zero-order valence-corrected chi connectivity index (χ0v) is 10.5. The molecule has 0 heterocycles. The first-order valence-electron chi connectivity index (χ1n) is 4.73. The van der Waals surface area contributed by atoms with E-state index in [1.54, 1.807) is 12.1 Å². The van der Waals surface area contributed by atoms with E-state index in [-0.39, 0.29) is 5.69 Å². The van der Waals surface area contributed by atoms with Gasteiger partial charge in [0.25, 0.3) is 0 Å². The SMILES string of the molecule is Nc1c(F)cccc1Nc1cccc(I)c1. The van der Waals surface area contributed by atoms with Crippen molar-refractivity contribution >= 4 is 39.7 Å². The van der Waals surface area contributed by atoms with E-state index in [0.717, 1.165) is 9.26 Å². The zero-order chi connectivity index (χ0) is 11.5. The van der Waals surface area contributed by atoms with E-state index in [1.807, 2.05) is 24.3 Å². The van der Waals surface area contributed by atoms with Crippen molar-refractivity contribution in [2.45, 2.75) is 0 Å². The van der Waals surface area contributed by atoms with Gasteiger partial charge in [0.05, 0.1) is 11.4 Å². The van der Waals surface area contributed by atoms with Gasteiger partial charge in [-0.05, 0) is 52.9 Å². The highest BCUT2D eigenvalue weighted by Gasteiger charge is 2.04. The van der Waals surface area contributed by atoms with Crippen molar-refractivity contribution in [2.75, 3.05) is 11.1 Å². The second-order valence-electron chi connectivity index (χ2n) is 3.34. The van der Waals surface area contributed by atoms with Gasteiger partial charge < -0.3 is 11.1 Å². The lowest BCUT2D eigenvalue weighted by Crippen LogP contribution is -1.98. The molecule has 0 fully saturated rings. The molecule has 0 amide bonds. The van der Waals surface area contributed by atoms with E-state index in [9.17, 15) is 4.39 Å². The van der Waals surface area contributed by atoms with Gasteiger partial charge in [0.15, 0.2) is 0 Å². The predicted octanol–water partition coefficient (Wildman–Crippen LogP) is 3.76. The Bertz CT molecular complexity index is 514. The highest BCUT2D eigenvalue weighted by molar-refractivity contribution is 14.1.